The maximum absolute atomic E-state index is 6.38. The molecule has 5 heteroatoms. The number of hydrogen-bond acceptors (Lipinski definition) is 3. The summed E-state index contributed by atoms with van der Waals surface area (Å²) >= 11 is 6.38. The number of halogens is 1. The lowest BCUT2D eigenvalue weighted by atomic mass is 10.1. The van der Waals surface area contributed by atoms with Crippen LogP contribution in [-0.2, 0) is 6.54 Å². The quantitative estimate of drug-likeness (QED) is 0.770. The third-order valence-corrected chi connectivity index (χ3v) is 3.57. The van der Waals surface area contributed by atoms with Gasteiger partial charge in [0.1, 0.15) is 0 Å². The van der Waals surface area contributed by atoms with E-state index < -0.39 is 0 Å². The van der Waals surface area contributed by atoms with E-state index in [1.54, 1.807) is 18.6 Å². The van der Waals surface area contributed by atoms with E-state index in [4.69, 9.17) is 11.6 Å². The average molecular weight is 299 g/mol. The summed E-state index contributed by atoms with van der Waals surface area (Å²) in [6, 6.07) is 6.03. The Bertz CT molecular complexity index is 790. The molecule has 0 unspecified atom stereocenters. The Morgan fingerprint density at radius 3 is 2.86 bits per heavy atom. The Balaban J connectivity index is 2.05. The molecular formula is C16H15ClN4. The van der Waals surface area contributed by atoms with Crippen LogP contribution < -0.4 is 5.32 Å². The summed E-state index contributed by atoms with van der Waals surface area (Å²) in [5.41, 5.74) is 4.63. The number of nitrogens with zero attached hydrogens (tertiary/aromatic N) is 2. The highest BCUT2D eigenvalue weighted by Crippen LogP contribution is 2.31. The molecule has 0 saturated carbocycles. The van der Waals surface area contributed by atoms with Crippen molar-refractivity contribution in [2.24, 2.45) is 0 Å². The molecule has 0 amide bonds. The molecule has 0 radical (unpaired) electrons. The number of aromatic amines is 1. The third-order valence-electron chi connectivity index (χ3n) is 3.26. The van der Waals surface area contributed by atoms with Crippen molar-refractivity contribution < 1.29 is 0 Å². The molecule has 3 rings (SSSR count). The van der Waals surface area contributed by atoms with Crippen molar-refractivity contribution in [2.45, 2.75) is 13.5 Å². The lowest BCUT2D eigenvalue weighted by Gasteiger charge is -2.04. The van der Waals surface area contributed by atoms with Crippen molar-refractivity contribution in [3.05, 3.63) is 59.8 Å². The van der Waals surface area contributed by atoms with Crippen molar-refractivity contribution >= 4 is 22.5 Å². The summed E-state index contributed by atoms with van der Waals surface area (Å²) in [7, 11) is 0. The number of hydrogen-bond donors (Lipinski definition) is 2. The van der Waals surface area contributed by atoms with E-state index in [0.717, 1.165) is 33.5 Å². The summed E-state index contributed by atoms with van der Waals surface area (Å²) < 4.78 is 0. The fourth-order valence-electron chi connectivity index (χ4n) is 2.22. The zero-order valence-electron chi connectivity index (χ0n) is 11.7. The summed E-state index contributed by atoms with van der Waals surface area (Å²) in [5, 5.41) is 4.81. The summed E-state index contributed by atoms with van der Waals surface area (Å²) in [6.07, 6.45) is 5.15. The lowest BCUT2D eigenvalue weighted by Crippen LogP contribution is -2.03. The number of fused-ring (bicyclic) bond motifs is 1. The Hall–Kier alpha value is -2.33. The molecule has 2 aromatic heterocycles. The number of H-pyrrole nitrogens is 1. The van der Waals surface area contributed by atoms with E-state index in [0.29, 0.717) is 11.6 Å². The molecule has 0 aliphatic heterocycles. The fourth-order valence-corrected chi connectivity index (χ4v) is 2.49. The first-order chi connectivity index (χ1) is 10.2. The molecular weight excluding hydrogens is 284 g/mol. The van der Waals surface area contributed by atoms with Crippen molar-refractivity contribution in [2.75, 3.05) is 0 Å². The van der Waals surface area contributed by atoms with Crippen molar-refractivity contribution in [1.29, 1.82) is 0 Å². The Kier molecular flexibility index (Phi) is 3.62. The van der Waals surface area contributed by atoms with E-state index >= 15 is 0 Å². The maximum Gasteiger partial charge on any atom is 0.0901 e. The van der Waals surface area contributed by atoms with Crippen LogP contribution in [0, 0.1) is 6.92 Å². The third kappa shape index (κ3) is 2.76. The van der Waals surface area contributed by atoms with Crippen LogP contribution in [0.5, 0.6) is 0 Å². The Labute approximate surface area is 127 Å². The van der Waals surface area contributed by atoms with Crippen LogP contribution in [0.25, 0.3) is 22.2 Å². The smallest absolute Gasteiger partial charge is 0.0901 e. The molecule has 21 heavy (non-hydrogen) atoms. The van der Waals surface area contributed by atoms with Crippen LogP contribution in [0.3, 0.4) is 0 Å². The van der Waals surface area contributed by atoms with Gasteiger partial charge in [-0.25, -0.2) is 0 Å². The molecule has 2 heterocycles. The largest absolute Gasteiger partial charge is 0.386 e. The highest BCUT2D eigenvalue weighted by atomic mass is 35.5. The van der Waals surface area contributed by atoms with Crippen LogP contribution in [0.4, 0.5) is 0 Å². The predicted octanol–water partition coefficient (Wildman–Crippen LogP) is 3.82. The van der Waals surface area contributed by atoms with Crippen LogP contribution in [0.2, 0.25) is 5.02 Å². The summed E-state index contributed by atoms with van der Waals surface area (Å²) in [6.45, 7) is 6.26. The molecule has 2 N–H and O–H groups in total. The van der Waals surface area contributed by atoms with Gasteiger partial charge in [-0.15, -0.1) is 0 Å². The van der Waals surface area contributed by atoms with Gasteiger partial charge in [-0.1, -0.05) is 18.2 Å². The van der Waals surface area contributed by atoms with E-state index in [-0.39, 0.29) is 0 Å². The molecule has 0 fully saturated rings. The molecule has 0 aliphatic rings. The number of aromatic nitrogens is 3. The molecule has 4 nitrogen and oxygen atoms in total. The van der Waals surface area contributed by atoms with Crippen LogP contribution >= 0.6 is 11.6 Å². The van der Waals surface area contributed by atoms with Gasteiger partial charge in [0.15, 0.2) is 0 Å². The first kappa shape index (κ1) is 13.6. The minimum absolute atomic E-state index is 0.669. The van der Waals surface area contributed by atoms with Gasteiger partial charge < -0.3 is 10.3 Å². The standard InChI is InChI=1S/C16H15ClN4/c1-3-18-8-12-4-11-5-14(17)13(6-15(11)21-12)16-9-19-10(2)7-20-16/h3-7,9,18,21H,1,8H2,2H3. The van der Waals surface area contributed by atoms with Gasteiger partial charge in [-0.2, -0.15) is 0 Å². The molecule has 0 saturated heterocycles. The second-order valence-corrected chi connectivity index (χ2v) is 5.25. The minimum atomic E-state index is 0.669. The second kappa shape index (κ2) is 5.58. The van der Waals surface area contributed by atoms with Gasteiger partial charge in [0.2, 0.25) is 0 Å². The summed E-state index contributed by atoms with van der Waals surface area (Å²) in [5.74, 6) is 0. The van der Waals surface area contributed by atoms with Gasteiger partial charge in [0.25, 0.3) is 0 Å². The molecule has 1 aromatic carbocycles. The molecule has 3 aromatic rings. The monoisotopic (exact) mass is 298 g/mol. The zero-order chi connectivity index (χ0) is 14.8. The highest BCUT2D eigenvalue weighted by Gasteiger charge is 2.09. The molecule has 0 aliphatic carbocycles. The highest BCUT2D eigenvalue weighted by molar-refractivity contribution is 6.34. The fraction of sp³-hybridized carbons (Fsp3) is 0.125. The van der Waals surface area contributed by atoms with Gasteiger partial charge in [-0.3, -0.25) is 9.97 Å². The van der Waals surface area contributed by atoms with E-state index in [2.05, 4.69) is 32.9 Å². The van der Waals surface area contributed by atoms with Crippen LogP contribution in [-0.4, -0.2) is 15.0 Å². The van der Waals surface area contributed by atoms with Crippen LogP contribution in [0.1, 0.15) is 11.4 Å². The van der Waals surface area contributed by atoms with E-state index in [1.165, 1.54) is 0 Å². The number of nitrogens with one attached hydrogen (secondary N) is 2. The first-order valence-corrected chi connectivity index (χ1v) is 6.99. The molecule has 0 atom stereocenters. The molecule has 0 spiro atoms. The number of rotatable bonds is 4. The van der Waals surface area contributed by atoms with Gasteiger partial charge in [-0.05, 0) is 31.3 Å². The van der Waals surface area contributed by atoms with Crippen LogP contribution in [0.15, 0.2) is 43.4 Å². The van der Waals surface area contributed by atoms with Crippen molar-refractivity contribution in [1.82, 2.24) is 20.3 Å². The van der Waals surface area contributed by atoms with Gasteiger partial charge in [0.05, 0.1) is 29.2 Å². The van der Waals surface area contributed by atoms with E-state index in [1.807, 2.05) is 19.1 Å². The average Bonchev–Trinajstić information content (AvgIpc) is 2.87. The SMILES string of the molecule is C=CNCc1cc2cc(Cl)c(-c3cnc(C)cn3)cc2[nH]1. The lowest BCUT2D eigenvalue weighted by molar-refractivity contribution is 0.849. The number of benzene rings is 1. The predicted molar refractivity (Wildman–Crippen MR) is 86.1 cm³/mol. The maximum atomic E-state index is 6.38. The Morgan fingerprint density at radius 1 is 1.29 bits per heavy atom. The van der Waals surface area contributed by atoms with Gasteiger partial charge in [0, 0.05) is 28.4 Å². The molecule has 106 valence electrons. The molecule has 0 bridgehead atoms. The van der Waals surface area contributed by atoms with Crippen molar-refractivity contribution in [3.8, 4) is 11.3 Å². The minimum Gasteiger partial charge on any atom is -0.386 e. The van der Waals surface area contributed by atoms with E-state index in [9.17, 15) is 0 Å². The summed E-state index contributed by atoms with van der Waals surface area (Å²) in [4.78, 5) is 12.0. The Morgan fingerprint density at radius 2 is 2.14 bits per heavy atom. The number of aryl methyl sites for hydroxylation is 1. The topological polar surface area (TPSA) is 53.6 Å². The second-order valence-electron chi connectivity index (χ2n) is 4.84. The van der Waals surface area contributed by atoms with Gasteiger partial charge >= 0.3 is 0 Å². The normalized spacial score (nSPS) is 10.8. The zero-order valence-corrected chi connectivity index (χ0v) is 12.4. The first-order valence-electron chi connectivity index (χ1n) is 6.62. The van der Waals surface area contributed by atoms with Crippen molar-refractivity contribution in [3.63, 3.8) is 0 Å².